The fourth-order valence-electron chi connectivity index (χ4n) is 2.18. The predicted molar refractivity (Wildman–Crippen MR) is 80.4 cm³/mol. The number of rotatable bonds is 7. The van der Waals surface area contributed by atoms with Crippen molar-refractivity contribution in [2.45, 2.75) is 32.8 Å². The summed E-state index contributed by atoms with van der Waals surface area (Å²) >= 11 is 6.03. The molecular weight excluding hydrogens is 278 g/mol. The Morgan fingerprint density at radius 1 is 1.40 bits per heavy atom. The van der Waals surface area contributed by atoms with Crippen LogP contribution in [0.15, 0.2) is 18.2 Å². The molecule has 0 aliphatic rings. The number of ether oxygens (including phenoxy) is 1. The number of amides is 1. The lowest BCUT2D eigenvalue weighted by Gasteiger charge is -2.20. The maximum Gasteiger partial charge on any atom is 0.256 e. The van der Waals surface area contributed by atoms with Gasteiger partial charge in [0.2, 0.25) is 0 Å². The normalized spacial score (nSPS) is 12.3. The molecule has 1 atom stereocenters. The molecule has 5 heteroatoms. The highest BCUT2D eigenvalue weighted by molar-refractivity contribution is 6.34. The predicted octanol–water partition coefficient (Wildman–Crippen LogP) is 2.88. The van der Waals surface area contributed by atoms with Crippen LogP contribution in [0.2, 0.25) is 5.02 Å². The van der Waals surface area contributed by atoms with Gasteiger partial charge in [0.1, 0.15) is 5.75 Å². The summed E-state index contributed by atoms with van der Waals surface area (Å²) in [6.45, 7) is 4.26. The minimum Gasteiger partial charge on any atom is -0.496 e. The van der Waals surface area contributed by atoms with Crippen molar-refractivity contribution in [2.24, 2.45) is 5.92 Å². The van der Waals surface area contributed by atoms with Crippen molar-refractivity contribution in [2.75, 3.05) is 13.7 Å². The Hall–Kier alpha value is -1.26. The summed E-state index contributed by atoms with van der Waals surface area (Å²) in [4.78, 5) is 12.2. The van der Waals surface area contributed by atoms with E-state index in [1.54, 1.807) is 18.2 Å². The molecule has 0 aliphatic heterocycles. The molecule has 1 rings (SSSR count). The van der Waals surface area contributed by atoms with Crippen LogP contribution in [-0.4, -0.2) is 30.8 Å². The average Bonchev–Trinajstić information content (AvgIpc) is 2.45. The monoisotopic (exact) mass is 299 g/mol. The summed E-state index contributed by atoms with van der Waals surface area (Å²) in [5.41, 5.74) is 0.299. The van der Waals surface area contributed by atoms with E-state index in [1.165, 1.54) is 7.11 Å². The molecule has 0 bridgehead atoms. The Bertz CT molecular complexity index is 447. The Morgan fingerprint density at radius 3 is 2.60 bits per heavy atom. The van der Waals surface area contributed by atoms with Gasteiger partial charge in [0.25, 0.3) is 5.91 Å². The first-order valence-electron chi connectivity index (χ1n) is 6.83. The Kier molecular flexibility index (Phi) is 6.82. The molecule has 0 fully saturated rings. The second-order valence-corrected chi connectivity index (χ2v) is 5.08. The van der Waals surface area contributed by atoms with Gasteiger partial charge < -0.3 is 15.2 Å². The van der Waals surface area contributed by atoms with Crippen LogP contribution in [0.3, 0.4) is 0 Å². The lowest BCUT2D eigenvalue weighted by Crippen LogP contribution is -2.36. The van der Waals surface area contributed by atoms with Crippen molar-refractivity contribution in [1.82, 2.24) is 5.32 Å². The zero-order valence-electron chi connectivity index (χ0n) is 12.1. The summed E-state index contributed by atoms with van der Waals surface area (Å²) in [6, 6.07) is 5.03. The molecule has 0 heterocycles. The smallest absolute Gasteiger partial charge is 0.256 e. The molecule has 2 N–H and O–H groups in total. The van der Waals surface area contributed by atoms with Gasteiger partial charge in [-0.3, -0.25) is 4.79 Å². The van der Waals surface area contributed by atoms with Crippen LogP contribution in [0.5, 0.6) is 5.75 Å². The minimum absolute atomic E-state index is 0.184. The molecule has 0 aromatic heterocycles. The van der Waals surface area contributed by atoms with Gasteiger partial charge in [0.15, 0.2) is 0 Å². The molecule has 0 radical (unpaired) electrons. The van der Waals surface area contributed by atoms with E-state index < -0.39 is 6.10 Å². The molecule has 0 saturated carbocycles. The molecule has 1 amide bonds. The molecule has 4 nitrogen and oxygen atoms in total. The number of carbonyl (C=O) groups excluding carboxylic acids is 1. The first-order chi connectivity index (χ1) is 9.54. The Morgan fingerprint density at radius 2 is 2.05 bits per heavy atom. The number of aliphatic hydroxyl groups is 1. The van der Waals surface area contributed by atoms with E-state index in [-0.39, 0.29) is 18.4 Å². The summed E-state index contributed by atoms with van der Waals surface area (Å²) in [7, 11) is 1.49. The Balaban J connectivity index is 2.73. The van der Waals surface area contributed by atoms with Crippen molar-refractivity contribution in [3.8, 4) is 5.75 Å². The van der Waals surface area contributed by atoms with Crippen LogP contribution in [-0.2, 0) is 0 Å². The van der Waals surface area contributed by atoms with Crippen LogP contribution in [0.1, 0.15) is 37.0 Å². The highest BCUT2D eigenvalue weighted by atomic mass is 35.5. The molecule has 20 heavy (non-hydrogen) atoms. The first-order valence-corrected chi connectivity index (χ1v) is 7.21. The molecule has 1 unspecified atom stereocenters. The highest BCUT2D eigenvalue weighted by Crippen LogP contribution is 2.26. The van der Waals surface area contributed by atoms with Gasteiger partial charge in [-0.2, -0.15) is 0 Å². The third kappa shape index (κ3) is 4.12. The number of hydrogen-bond acceptors (Lipinski definition) is 3. The van der Waals surface area contributed by atoms with Gasteiger partial charge >= 0.3 is 0 Å². The van der Waals surface area contributed by atoms with Crippen LogP contribution in [0.4, 0.5) is 0 Å². The van der Waals surface area contributed by atoms with Crippen molar-refractivity contribution < 1.29 is 14.6 Å². The van der Waals surface area contributed by atoms with E-state index in [0.717, 1.165) is 12.8 Å². The van der Waals surface area contributed by atoms with E-state index in [0.29, 0.717) is 16.3 Å². The molecule has 1 aromatic carbocycles. The van der Waals surface area contributed by atoms with E-state index in [9.17, 15) is 9.90 Å². The number of nitrogens with one attached hydrogen (secondary N) is 1. The maximum atomic E-state index is 12.2. The summed E-state index contributed by atoms with van der Waals surface area (Å²) in [6.07, 6.45) is 1.20. The number of halogens is 1. The van der Waals surface area contributed by atoms with Crippen molar-refractivity contribution in [3.05, 3.63) is 28.8 Å². The third-order valence-electron chi connectivity index (χ3n) is 3.49. The van der Waals surface area contributed by atoms with Crippen molar-refractivity contribution in [1.29, 1.82) is 0 Å². The quantitative estimate of drug-likeness (QED) is 0.814. The van der Waals surface area contributed by atoms with Gasteiger partial charge in [-0.15, -0.1) is 0 Å². The van der Waals surface area contributed by atoms with Crippen LogP contribution < -0.4 is 10.1 Å². The van der Waals surface area contributed by atoms with Gasteiger partial charge in [-0.05, 0) is 18.1 Å². The van der Waals surface area contributed by atoms with Crippen LogP contribution >= 0.6 is 11.6 Å². The van der Waals surface area contributed by atoms with Gasteiger partial charge in [0, 0.05) is 6.54 Å². The lowest BCUT2D eigenvalue weighted by atomic mass is 9.96. The second-order valence-electron chi connectivity index (χ2n) is 4.67. The summed E-state index contributed by atoms with van der Waals surface area (Å²) in [5.74, 6) is 0.271. The molecule has 1 aromatic rings. The molecule has 0 aliphatic carbocycles. The molecular formula is C15H22ClNO3. The largest absolute Gasteiger partial charge is 0.496 e. The Labute approximate surface area is 125 Å². The molecule has 112 valence electrons. The topological polar surface area (TPSA) is 58.6 Å². The van der Waals surface area contributed by atoms with E-state index >= 15 is 0 Å². The van der Waals surface area contributed by atoms with E-state index in [1.807, 2.05) is 13.8 Å². The number of methoxy groups -OCH3 is 1. The SMILES string of the molecule is CCC(CC)C(O)CNC(=O)c1c(Cl)cccc1OC. The molecule has 0 saturated heterocycles. The van der Waals surface area contributed by atoms with Crippen LogP contribution in [0.25, 0.3) is 0 Å². The summed E-state index contributed by atoms with van der Waals surface area (Å²) < 4.78 is 5.14. The fourth-order valence-corrected chi connectivity index (χ4v) is 2.43. The van der Waals surface area contributed by atoms with Crippen molar-refractivity contribution in [3.63, 3.8) is 0 Å². The second kappa shape index (κ2) is 8.12. The third-order valence-corrected chi connectivity index (χ3v) is 3.80. The average molecular weight is 300 g/mol. The molecule has 0 spiro atoms. The van der Waals surface area contributed by atoms with Crippen molar-refractivity contribution >= 4 is 17.5 Å². The van der Waals surface area contributed by atoms with E-state index in [2.05, 4.69) is 5.32 Å². The maximum absolute atomic E-state index is 12.2. The highest BCUT2D eigenvalue weighted by Gasteiger charge is 2.19. The number of carbonyl (C=O) groups is 1. The number of aliphatic hydroxyl groups excluding tert-OH is 1. The fraction of sp³-hybridized carbons (Fsp3) is 0.533. The standard InChI is InChI=1S/C15H22ClNO3/c1-4-10(5-2)12(18)9-17-15(19)14-11(16)7-6-8-13(14)20-3/h6-8,10,12,18H,4-5,9H2,1-3H3,(H,17,19). The van der Waals surface area contributed by atoms with Gasteiger partial charge in [0.05, 0.1) is 23.8 Å². The van der Waals surface area contributed by atoms with Crippen LogP contribution in [0, 0.1) is 5.92 Å². The lowest BCUT2D eigenvalue weighted by molar-refractivity contribution is 0.0814. The first kappa shape index (κ1) is 16.8. The van der Waals surface area contributed by atoms with Gasteiger partial charge in [-0.1, -0.05) is 44.4 Å². The number of hydrogen-bond donors (Lipinski definition) is 2. The minimum atomic E-state index is -0.553. The van der Waals surface area contributed by atoms with E-state index in [4.69, 9.17) is 16.3 Å². The zero-order chi connectivity index (χ0) is 15.1. The zero-order valence-corrected chi connectivity index (χ0v) is 12.9. The summed E-state index contributed by atoms with van der Waals surface area (Å²) in [5, 5.41) is 13.1. The van der Waals surface area contributed by atoms with Gasteiger partial charge in [-0.25, -0.2) is 0 Å². The number of benzene rings is 1.